The number of amides is 1. The lowest BCUT2D eigenvalue weighted by atomic mass is 10.1. The fourth-order valence-electron chi connectivity index (χ4n) is 4.97. The van der Waals surface area contributed by atoms with Gasteiger partial charge in [0.2, 0.25) is 5.91 Å². The molecule has 1 aromatic carbocycles. The number of carbonyl (C=O) groups excluding carboxylic acids is 1. The van der Waals surface area contributed by atoms with Crippen LogP contribution in [0.3, 0.4) is 0 Å². The number of carbonyl (C=O) groups is 1. The minimum absolute atomic E-state index is 0.0435. The zero-order valence-corrected chi connectivity index (χ0v) is 22.9. The van der Waals surface area contributed by atoms with Gasteiger partial charge in [-0.3, -0.25) is 14.2 Å². The normalized spacial score (nSPS) is 16.4. The summed E-state index contributed by atoms with van der Waals surface area (Å²) >= 11 is 1.19. The van der Waals surface area contributed by atoms with Crippen LogP contribution in [0.15, 0.2) is 40.2 Å². The predicted molar refractivity (Wildman–Crippen MR) is 143 cm³/mol. The number of fused-ring (bicyclic) bond motifs is 1. The Bertz CT molecular complexity index is 1640. The van der Waals surface area contributed by atoms with Gasteiger partial charge >= 0.3 is 5.69 Å². The first-order valence-corrected chi connectivity index (χ1v) is 13.4. The van der Waals surface area contributed by atoms with E-state index in [1.807, 2.05) is 6.92 Å². The van der Waals surface area contributed by atoms with Crippen LogP contribution in [-0.2, 0) is 16.1 Å². The molecule has 1 aliphatic rings. The Labute approximate surface area is 227 Å². The number of hydrogen-bond donors (Lipinski definition) is 0. The first kappa shape index (κ1) is 26.8. The largest absolute Gasteiger partial charge is 0.496 e. The van der Waals surface area contributed by atoms with E-state index in [1.165, 1.54) is 63.3 Å². The second-order valence-corrected chi connectivity index (χ2v) is 10.4. The SMILES string of the molecule is CCCO[C@@H](Cn1c(=O)n(C2CCN(C)C2=O)c(=O)c2c(C)c(-n3nccn3)sc21)c1cc(F)ccc1OC. The maximum absolute atomic E-state index is 14.4. The van der Waals surface area contributed by atoms with Gasteiger partial charge in [-0.25, -0.2) is 13.8 Å². The molecule has 0 radical (unpaired) electrons. The Kier molecular flexibility index (Phi) is 7.36. The molecular weight excluding hydrogens is 527 g/mol. The smallest absolute Gasteiger partial charge is 0.332 e. The molecule has 0 spiro atoms. The fourth-order valence-corrected chi connectivity index (χ4v) is 6.19. The maximum atomic E-state index is 14.4. The van der Waals surface area contributed by atoms with E-state index >= 15 is 0 Å². The van der Waals surface area contributed by atoms with Gasteiger partial charge in [0.15, 0.2) is 0 Å². The molecule has 0 saturated carbocycles. The molecule has 0 aliphatic carbocycles. The minimum Gasteiger partial charge on any atom is -0.496 e. The summed E-state index contributed by atoms with van der Waals surface area (Å²) in [5.41, 5.74) is -0.154. The van der Waals surface area contributed by atoms with Gasteiger partial charge in [0, 0.05) is 31.3 Å². The van der Waals surface area contributed by atoms with Crippen LogP contribution in [-0.4, -0.2) is 62.2 Å². The van der Waals surface area contributed by atoms with E-state index in [9.17, 15) is 18.8 Å². The summed E-state index contributed by atoms with van der Waals surface area (Å²) in [6, 6.07) is 3.20. The van der Waals surface area contributed by atoms with Crippen LogP contribution in [0.4, 0.5) is 4.39 Å². The van der Waals surface area contributed by atoms with Crippen molar-refractivity contribution in [2.24, 2.45) is 0 Å². The van der Waals surface area contributed by atoms with E-state index in [0.717, 1.165) is 4.57 Å². The van der Waals surface area contributed by atoms with Gasteiger partial charge in [0.25, 0.3) is 5.56 Å². The average Bonchev–Trinajstić information content (AvgIpc) is 3.65. The van der Waals surface area contributed by atoms with Gasteiger partial charge < -0.3 is 14.4 Å². The highest BCUT2D eigenvalue weighted by molar-refractivity contribution is 7.21. The summed E-state index contributed by atoms with van der Waals surface area (Å²) in [6.45, 7) is 4.44. The molecule has 3 aromatic heterocycles. The van der Waals surface area contributed by atoms with Crippen molar-refractivity contribution < 1.29 is 18.7 Å². The molecule has 13 heteroatoms. The maximum Gasteiger partial charge on any atom is 0.332 e. The third kappa shape index (κ3) is 4.65. The summed E-state index contributed by atoms with van der Waals surface area (Å²) in [7, 11) is 3.12. The highest BCUT2D eigenvalue weighted by Crippen LogP contribution is 2.34. The average molecular weight is 557 g/mol. The number of aryl methyl sites for hydroxylation is 1. The van der Waals surface area contributed by atoms with Crippen molar-refractivity contribution in [2.45, 2.75) is 45.4 Å². The number of halogens is 1. The van der Waals surface area contributed by atoms with Crippen LogP contribution in [0, 0.1) is 12.7 Å². The lowest BCUT2D eigenvalue weighted by Gasteiger charge is -2.23. The topological polar surface area (TPSA) is 113 Å². The number of nitrogens with zero attached hydrogens (tertiary/aromatic N) is 6. The van der Waals surface area contributed by atoms with Crippen molar-refractivity contribution in [3.05, 3.63) is 68.4 Å². The minimum atomic E-state index is -0.921. The van der Waals surface area contributed by atoms with Gasteiger partial charge in [-0.1, -0.05) is 18.3 Å². The van der Waals surface area contributed by atoms with Gasteiger partial charge in [0.05, 0.1) is 31.4 Å². The molecule has 1 unspecified atom stereocenters. The summed E-state index contributed by atoms with van der Waals surface area (Å²) in [5, 5.41) is 9.28. The molecule has 0 N–H and O–H groups in total. The quantitative estimate of drug-likeness (QED) is 0.312. The summed E-state index contributed by atoms with van der Waals surface area (Å²) in [4.78, 5) is 44.2. The Morgan fingerprint density at radius 1 is 1.21 bits per heavy atom. The molecule has 5 rings (SSSR count). The molecule has 1 fully saturated rings. The molecule has 11 nitrogen and oxygen atoms in total. The Balaban J connectivity index is 1.77. The summed E-state index contributed by atoms with van der Waals surface area (Å²) in [5.74, 6) is -0.365. The second-order valence-electron chi connectivity index (χ2n) is 9.41. The Morgan fingerprint density at radius 2 is 1.95 bits per heavy atom. The Morgan fingerprint density at radius 3 is 2.59 bits per heavy atom. The van der Waals surface area contributed by atoms with Gasteiger partial charge in [-0.15, -0.1) is 4.80 Å². The van der Waals surface area contributed by atoms with Crippen molar-refractivity contribution in [2.75, 3.05) is 27.3 Å². The molecule has 1 aliphatic heterocycles. The third-order valence-corrected chi connectivity index (χ3v) is 8.22. The van der Waals surface area contributed by atoms with Gasteiger partial charge in [-0.05, 0) is 38.0 Å². The van der Waals surface area contributed by atoms with E-state index < -0.39 is 29.2 Å². The molecule has 1 saturated heterocycles. The third-order valence-electron chi connectivity index (χ3n) is 6.94. The van der Waals surface area contributed by atoms with Crippen molar-refractivity contribution in [1.82, 2.24) is 29.0 Å². The number of thiophene rings is 1. The molecule has 39 heavy (non-hydrogen) atoms. The summed E-state index contributed by atoms with van der Waals surface area (Å²) < 4.78 is 28.5. The number of methoxy groups -OCH3 is 1. The summed E-state index contributed by atoms with van der Waals surface area (Å²) in [6.07, 6.45) is 3.28. The number of likely N-dealkylation sites (tertiary alicyclic amines) is 1. The van der Waals surface area contributed by atoms with Crippen molar-refractivity contribution in [1.29, 1.82) is 0 Å². The Hall–Kier alpha value is -3.84. The van der Waals surface area contributed by atoms with E-state index in [2.05, 4.69) is 10.2 Å². The second kappa shape index (κ2) is 10.7. The van der Waals surface area contributed by atoms with E-state index in [0.29, 0.717) is 58.1 Å². The van der Waals surface area contributed by atoms with Crippen LogP contribution in [0.2, 0.25) is 0 Å². The highest BCUT2D eigenvalue weighted by atomic mass is 32.1. The molecule has 2 atom stereocenters. The number of aromatic nitrogens is 5. The number of ether oxygens (including phenoxy) is 2. The predicted octanol–water partition coefficient (Wildman–Crippen LogP) is 2.83. The standard InChI is InChI=1S/C26H29FN6O5S/c1-5-12-38-20(17-13-16(27)6-7-19(17)37-4)14-31-25-21(15(2)24(39-25)33-28-9-10-29-33)23(35)32(26(31)36)18-8-11-30(3)22(18)34/h6-7,9-10,13,18,20H,5,8,11-12,14H2,1-4H3/t18?,20-/m0/s1. The number of hydrogen-bond acceptors (Lipinski definition) is 8. The van der Waals surface area contributed by atoms with Crippen LogP contribution in [0.1, 0.15) is 43.0 Å². The zero-order chi connectivity index (χ0) is 27.8. The van der Waals surface area contributed by atoms with Crippen LogP contribution in [0.25, 0.3) is 15.2 Å². The van der Waals surface area contributed by atoms with Crippen LogP contribution >= 0.6 is 11.3 Å². The molecule has 4 aromatic rings. The zero-order valence-electron chi connectivity index (χ0n) is 22.1. The number of likely N-dealkylation sites (N-methyl/N-ethyl adjacent to an activating group) is 1. The molecular formula is C26H29FN6O5S. The fraction of sp³-hybridized carbons (Fsp3) is 0.423. The van der Waals surface area contributed by atoms with E-state index in [1.54, 1.807) is 14.0 Å². The lowest BCUT2D eigenvalue weighted by molar-refractivity contribution is -0.129. The molecule has 0 bridgehead atoms. The monoisotopic (exact) mass is 556 g/mol. The van der Waals surface area contributed by atoms with Crippen molar-refractivity contribution in [3.8, 4) is 10.8 Å². The first-order chi connectivity index (χ1) is 18.8. The van der Waals surface area contributed by atoms with Crippen LogP contribution < -0.4 is 16.0 Å². The highest BCUT2D eigenvalue weighted by Gasteiger charge is 2.35. The van der Waals surface area contributed by atoms with E-state index in [-0.39, 0.29) is 12.5 Å². The number of rotatable bonds is 9. The van der Waals surface area contributed by atoms with Crippen LogP contribution in [0.5, 0.6) is 5.75 Å². The molecule has 206 valence electrons. The van der Waals surface area contributed by atoms with Crippen molar-refractivity contribution in [3.63, 3.8) is 0 Å². The van der Waals surface area contributed by atoms with Crippen molar-refractivity contribution >= 4 is 27.5 Å². The molecule has 1 amide bonds. The van der Waals surface area contributed by atoms with Gasteiger partial charge in [-0.2, -0.15) is 10.2 Å². The van der Waals surface area contributed by atoms with E-state index in [4.69, 9.17) is 9.47 Å². The molecule has 4 heterocycles. The van der Waals surface area contributed by atoms with Gasteiger partial charge in [0.1, 0.15) is 33.5 Å². The first-order valence-electron chi connectivity index (χ1n) is 12.6. The lowest BCUT2D eigenvalue weighted by Crippen LogP contribution is -2.44. The number of benzene rings is 1.